The number of benzene rings is 1. The van der Waals surface area contributed by atoms with Gasteiger partial charge in [0.05, 0.1) is 0 Å². The smallest absolute Gasteiger partial charge is 0.231 e. The van der Waals surface area contributed by atoms with Crippen molar-refractivity contribution in [2.45, 2.75) is 6.54 Å². The zero-order valence-electron chi connectivity index (χ0n) is 13.0. The van der Waals surface area contributed by atoms with Gasteiger partial charge in [0.2, 0.25) is 6.79 Å². The van der Waals surface area contributed by atoms with Crippen LogP contribution in [0, 0.1) is 0 Å². The Kier molecular flexibility index (Phi) is 6.13. The summed E-state index contributed by atoms with van der Waals surface area (Å²) >= 11 is 0. The molecule has 0 atom stereocenters. The fourth-order valence-electron chi connectivity index (χ4n) is 2.83. The van der Waals surface area contributed by atoms with Crippen molar-refractivity contribution < 1.29 is 9.47 Å². The highest BCUT2D eigenvalue weighted by atomic mass is 127. The van der Waals surface area contributed by atoms with Crippen LogP contribution in [-0.2, 0) is 6.54 Å². The Balaban J connectivity index is 0.00000176. The van der Waals surface area contributed by atoms with Crippen molar-refractivity contribution in [1.82, 2.24) is 15.1 Å². The van der Waals surface area contributed by atoms with Crippen LogP contribution in [-0.4, -0.2) is 62.8 Å². The van der Waals surface area contributed by atoms with Crippen molar-refractivity contribution in [1.29, 1.82) is 0 Å². The number of hydrogen-bond donors (Lipinski definition) is 1. The molecule has 0 unspecified atom stereocenters. The van der Waals surface area contributed by atoms with Crippen molar-refractivity contribution in [3.05, 3.63) is 23.8 Å². The molecule has 0 aromatic heterocycles. The minimum atomic E-state index is 0. The molecule has 0 spiro atoms. The maximum Gasteiger partial charge on any atom is 0.231 e. The van der Waals surface area contributed by atoms with Crippen LogP contribution >= 0.6 is 24.0 Å². The van der Waals surface area contributed by atoms with Crippen LogP contribution in [0.5, 0.6) is 11.5 Å². The van der Waals surface area contributed by atoms with Gasteiger partial charge in [-0.05, 0) is 17.7 Å². The number of aliphatic imine (C=N–C) groups is 1. The molecule has 0 bridgehead atoms. The molecule has 7 heteroatoms. The summed E-state index contributed by atoms with van der Waals surface area (Å²) in [7, 11) is 3.74. The molecule has 1 fully saturated rings. The summed E-state index contributed by atoms with van der Waals surface area (Å²) in [6, 6.07) is 6.20. The number of nitrogens with one attached hydrogen (secondary N) is 1. The summed E-state index contributed by atoms with van der Waals surface area (Å²) in [5.74, 6) is 2.68. The standard InChI is InChI=1S/C15H22N4O2.HI/c1-16-15(17-2)19-7-5-18(6-8-19)10-12-3-4-13-14(9-12)21-11-20-13;/h3-4,9H,5-8,10-11H2,1-2H3,(H,16,17);1H. The van der Waals surface area contributed by atoms with Gasteiger partial charge in [0.1, 0.15) is 0 Å². The Hall–Kier alpha value is -1.22. The van der Waals surface area contributed by atoms with E-state index in [0.29, 0.717) is 6.79 Å². The van der Waals surface area contributed by atoms with Gasteiger partial charge in [0.15, 0.2) is 17.5 Å². The summed E-state index contributed by atoms with van der Waals surface area (Å²) in [6.45, 7) is 5.35. The minimum Gasteiger partial charge on any atom is -0.454 e. The predicted molar refractivity (Wildman–Crippen MR) is 97.2 cm³/mol. The third-order valence-electron chi connectivity index (χ3n) is 3.95. The number of fused-ring (bicyclic) bond motifs is 1. The first-order valence-corrected chi connectivity index (χ1v) is 7.30. The average molecular weight is 418 g/mol. The molecular weight excluding hydrogens is 395 g/mol. The van der Waals surface area contributed by atoms with Crippen LogP contribution in [0.15, 0.2) is 23.2 Å². The van der Waals surface area contributed by atoms with Crippen LogP contribution in [0.25, 0.3) is 0 Å². The molecule has 2 aliphatic heterocycles. The quantitative estimate of drug-likeness (QED) is 0.447. The van der Waals surface area contributed by atoms with Gasteiger partial charge in [-0.2, -0.15) is 0 Å². The van der Waals surface area contributed by atoms with Crippen LogP contribution < -0.4 is 14.8 Å². The van der Waals surface area contributed by atoms with E-state index < -0.39 is 0 Å². The Morgan fingerprint density at radius 1 is 1.18 bits per heavy atom. The lowest BCUT2D eigenvalue weighted by atomic mass is 10.1. The van der Waals surface area contributed by atoms with Gasteiger partial charge >= 0.3 is 0 Å². The fraction of sp³-hybridized carbons (Fsp3) is 0.533. The topological polar surface area (TPSA) is 49.3 Å². The Morgan fingerprint density at radius 2 is 1.91 bits per heavy atom. The normalized spacial score (nSPS) is 18.1. The second-order valence-corrected chi connectivity index (χ2v) is 5.25. The fourth-order valence-corrected chi connectivity index (χ4v) is 2.83. The zero-order valence-corrected chi connectivity index (χ0v) is 15.4. The predicted octanol–water partition coefficient (Wildman–Crippen LogP) is 1.36. The van der Waals surface area contributed by atoms with Gasteiger partial charge in [0.25, 0.3) is 0 Å². The first-order chi connectivity index (χ1) is 10.3. The highest BCUT2D eigenvalue weighted by Crippen LogP contribution is 2.32. The van der Waals surface area contributed by atoms with E-state index in [1.807, 2.05) is 20.2 Å². The first-order valence-electron chi connectivity index (χ1n) is 7.30. The molecule has 1 aromatic carbocycles. The highest BCUT2D eigenvalue weighted by molar-refractivity contribution is 14.0. The molecule has 122 valence electrons. The molecule has 6 nitrogen and oxygen atoms in total. The molecular formula is C15H23IN4O2. The molecule has 0 saturated carbocycles. The number of ether oxygens (including phenoxy) is 2. The monoisotopic (exact) mass is 418 g/mol. The van der Waals surface area contributed by atoms with Gasteiger partial charge in [-0.15, -0.1) is 24.0 Å². The van der Waals surface area contributed by atoms with E-state index >= 15 is 0 Å². The number of hydrogen-bond acceptors (Lipinski definition) is 4. The van der Waals surface area contributed by atoms with Crippen LogP contribution in [0.4, 0.5) is 0 Å². The molecule has 2 heterocycles. The molecule has 0 radical (unpaired) electrons. The van der Waals surface area contributed by atoms with Crippen molar-refractivity contribution in [3.63, 3.8) is 0 Å². The average Bonchev–Trinajstić information content (AvgIpc) is 2.98. The van der Waals surface area contributed by atoms with Crippen LogP contribution in [0.3, 0.4) is 0 Å². The summed E-state index contributed by atoms with van der Waals surface area (Å²) in [6.07, 6.45) is 0. The van der Waals surface area contributed by atoms with Gasteiger partial charge in [-0.1, -0.05) is 6.07 Å². The maximum atomic E-state index is 5.43. The second kappa shape index (κ2) is 7.87. The summed E-state index contributed by atoms with van der Waals surface area (Å²) in [5, 5.41) is 3.14. The highest BCUT2D eigenvalue weighted by Gasteiger charge is 2.20. The third-order valence-corrected chi connectivity index (χ3v) is 3.95. The van der Waals surface area contributed by atoms with E-state index in [4.69, 9.17) is 9.47 Å². The van der Waals surface area contributed by atoms with Crippen molar-refractivity contribution >= 4 is 29.9 Å². The third kappa shape index (κ3) is 3.75. The maximum absolute atomic E-state index is 5.43. The van der Waals surface area contributed by atoms with E-state index in [0.717, 1.165) is 50.2 Å². The molecule has 0 aliphatic carbocycles. The molecule has 22 heavy (non-hydrogen) atoms. The van der Waals surface area contributed by atoms with E-state index in [2.05, 4.69) is 32.2 Å². The minimum absolute atomic E-state index is 0. The van der Waals surface area contributed by atoms with Gasteiger partial charge in [-0.25, -0.2) is 0 Å². The van der Waals surface area contributed by atoms with E-state index in [-0.39, 0.29) is 24.0 Å². The Bertz CT molecular complexity index is 530. The number of guanidine groups is 1. The molecule has 1 N–H and O–H groups in total. The van der Waals surface area contributed by atoms with Gasteiger partial charge in [0, 0.05) is 46.8 Å². The van der Waals surface area contributed by atoms with Crippen molar-refractivity contribution in [2.24, 2.45) is 4.99 Å². The lowest BCUT2D eigenvalue weighted by Gasteiger charge is -2.36. The van der Waals surface area contributed by atoms with Gasteiger partial charge < -0.3 is 19.7 Å². The van der Waals surface area contributed by atoms with Crippen molar-refractivity contribution in [3.8, 4) is 11.5 Å². The summed E-state index contributed by atoms with van der Waals surface area (Å²) in [5.41, 5.74) is 1.27. The Labute approximate surface area is 148 Å². The van der Waals surface area contributed by atoms with E-state index in [1.54, 1.807) is 0 Å². The number of rotatable bonds is 2. The van der Waals surface area contributed by atoms with E-state index in [1.165, 1.54) is 5.56 Å². The molecule has 0 amide bonds. The summed E-state index contributed by atoms with van der Waals surface area (Å²) in [4.78, 5) is 9.00. The lowest BCUT2D eigenvalue weighted by Crippen LogP contribution is -2.51. The molecule has 1 saturated heterocycles. The van der Waals surface area contributed by atoms with Crippen LogP contribution in [0.1, 0.15) is 5.56 Å². The number of halogens is 1. The second-order valence-electron chi connectivity index (χ2n) is 5.25. The van der Waals surface area contributed by atoms with Crippen LogP contribution in [0.2, 0.25) is 0 Å². The molecule has 3 rings (SSSR count). The van der Waals surface area contributed by atoms with E-state index in [9.17, 15) is 0 Å². The lowest BCUT2D eigenvalue weighted by molar-refractivity contribution is 0.171. The molecule has 2 aliphatic rings. The van der Waals surface area contributed by atoms with Gasteiger partial charge in [-0.3, -0.25) is 9.89 Å². The molecule has 1 aromatic rings. The SMILES string of the molecule is CN=C(NC)N1CCN(Cc2ccc3c(c2)OCO3)CC1.I. The first kappa shape index (κ1) is 17.1. The largest absolute Gasteiger partial charge is 0.454 e. The number of nitrogens with zero attached hydrogens (tertiary/aromatic N) is 3. The summed E-state index contributed by atoms with van der Waals surface area (Å²) < 4.78 is 10.8. The Morgan fingerprint density at radius 3 is 2.59 bits per heavy atom. The zero-order chi connectivity index (χ0) is 14.7. The number of piperazine rings is 1. The van der Waals surface area contributed by atoms with Crippen molar-refractivity contribution in [2.75, 3.05) is 47.1 Å².